The lowest BCUT2D eigenvalue weighted by molar-refractivity contribution is -0.164. The Morgan fingerprint density at radius 1 is 1.44 bits per heavy atom. The molecule has 1 unspecified atom stereocenters. The molecule has 0 radical (unpaired) electrons. The van der Waals surface area contributed by atoms with Crippen LogP contribution < -0.4 is 0 Å². The van der Waals surface area contributed by atoms with Crippen LogP contribution in [0.4, 0.5) is 0 Å². The smallest absolute Gasteiger partial charge is 0.344 e. The lowest BCUT2D eigenvalue weighted by Gasteiger charge is -2.58. The predicted molar refractivity (Wildman–Crippen MR) is 88.7 cm³/mol. The van der Waals surface area contributed by atoms with Gasteiger partial charge < -0.3 is 24.6 Å². The molecule has 134 valence electrons. The molecule has 2 N–H and O–H groups in total. The maximum absolute atomic E-state index is 12.1. The third-order valence-electron chi connectivity index (χ3n) is 7.17. The Morgan fingerprint density at radius 2 is 2.24 bits per heavy atom. The SMILES string of the molecule is COC1(C(=O)O)CC=C2C[C@@H]3[C@@H]4C=C[C@H](O)[C@@H]5OC1=C2[C@]45CCN3C. The number of hydrogen-bond acceptors (Lipinski definition) is 5. The van der Waals surface area contributed by atoms with Crippen LogP contribution in [0.15, 0.2) is 35.1 Å². The van der Waals surface area contributed by atoms with E-state index in [1.54, 1.807) is 0 Å². The standard InChI is InChI=1S/C19H23NO5/c1-20-8-7-18-11-3-4-13(21)15(18)25-16-14(18)10(9-12(11)20)5-6-19(16,24-2)17(22)23/h3-5,11-13,15,21H,6-9H2,1-2H3,(H,22,23)/t11-,12+,13-,15-,18-,19?/m0/s1. The van der Waals surface area contributed by atoms with Crippen molar-refractivity contribution in [3.63, 3.8) is 0 Å². The Labute approximate surface area is 146 Å². The average Bonchev–Trinajstić information content (AvgIpc) is 2.95. The summed E-state index contributed by atoms with van der Waals surface area (Å²) >= 11 is 0. The third kappa shape index (κ3) is 1.59. The summed E-state index contributed by atoms with van der Waals surface area (Å²) in [5.41, 5.74) is 0.364. The first-order valence-electron chi connectivity index (χ1n) is 8.92. The summed E-state index contributed by atoms with van der Waals surface area (Å²) < 4.78 is 11.8. The number of aliphatic carboxylic acids is 1. The predicted octanol–water partition coefficient (Wildman–Crippen LogP) is 1.08. The number of aliphatic hydroxyl groups excluding tert-OH is 1. The molecule has 2 aliphatic heterocycles. The van der Waals surface area contributed by atoms with Gasteiger partial charge >= 0.3 is 5.97 Å². The van der Waals surface area contributed by atoms with Gasteiger partial charge in [0.1, 0.15) is 18.0 Å². The van der Waals surface area contributed by atoms with Gasteiger partial charge in [0.2, 0.25) is 5.60 Å². The summed E-state index contributed by atoms with van der Waals surface area (Å²) in [6.45, 7) is 0.915. The topological polar surface area (TPSA) is 79.2 Å². The Bertz CT molecular complexity index is 755. The van der Waals surface area contributed by atoms with Gasteiger partial charge in [0.15, 0.2) is 0 Å². The van der Waals surface area contributed by atoms with E-state index < -0.39 is 23.8 Å². The van der Waals surface area contributed by atoms with E-state index in [1.807, 2.05) is 12.2 Å². The van der Waals surface area contributed by atoms with Crippen LogP contribution in [-0.4, -0.2) is 65.6 Å². The number of carboxylic acid groups (broad SMARTS) is 1. The van der Waals surface area contributed by atoms with E-state index in [2.05, 4.69) is 18.0 Å². The monoisotopic (exact) mass is 345 g/mol. The highest BCUT2D eigenvalue weighted by Crippen LogP contribution is 2.66. The minimum atomic E-state index is -1.48. The highest BCUT2D eigenvalue weighted by atomic mass is 16.6. The van der Waals surface area contributed by atoms with Crippen LogP contribution in [0.2, 0.25) is 0 Å². The molecule has 6 nitrogen and oxygen atoms in total. The van der Waals surface area contributed by atoms with Crippen molar-refractivity contribution in [1.29, 1.82) is 0 Å². The number of ether oxygens (including phenoxy) is 2. The summed E-state index contributed by atoms with van der Waals surface area (Å²) in [5.74, 6) is -0.372. The number of piperidine rings is 1. The molecule has 0 aromatic rings. The molecule has 25 heavy (non-hydrogen) atoms. The summed E-state index contributed by atoms with van der Waals surface area (Å²) in [7, 11) is 3.58. The van der Waals surface area contributed by atoms with E-state index in [1.165, 1.54) is 12.7 Å². The highest BCUT2D eigenvalue weighted by molar-refractivity contribution is 5.84. The molecular weight excluding hydrogens is 322 g/mol. The first-order valence-corrected chi connectivity index (χ1v) is 8.92. The zero-order valence-electron chi connectivity index (χ0n) is 14.4. The second kappa shape index (κ2) is 4.75. The van der Waals surface area contributed by atoms with Crippen molar-refractivity contribution < 1.29 is 24.5 Å². The molecule has 6 heteroatoms. The molecule has 3 aliphatic carbocycles. The zero-order valence-corrected chi connectivity index (χ0v) is 14.4. The molecule has 5 aliphatic rings. The van der Waals surface area contributed by atoms with Crippen LogP contribution >= 0.6 is 0 Å². The number of carbonyl (C=O) groups is 1. The third-order valence-corrected chi connectivity index (χ3v) is 7.17. The summed E-state index contributed by atoms with van der Waals surface area (Å²) in [6, 6.07) is 0.359. The number of methoxy groups -OCH3 is 1. The maximum Gasteiger partial charge on any atom is 0.344 e. The van der Waals surface area contributed by atoms with Gasteiger partial charge in [0.25, 0.3) is 0 Å². The van der Waals surface area contributed by atoms with E-state index in [0.29, 0.717) is 11.8 Å². The Balaban J connectivity index is 1.77. The van der Waals surface area contributed by atoms with Gasteiger partial charge in [0.05, 0.1) is 0 Å². The van der Waals surface area contributed by atoms with Crippen molar-refractivity contribution in [3.05, 3.63) is 35.1 Å². The number of aliphatic hydroxyl groups is 1. The fourth-order valence-electron chi connectivity index (χ4n) is 5.93. The van der Waals surface area contributed by atoms with Crippen molar-refractivity contribution in [2.75, 3.05) is 20.7 Å². The maximum atomic E-state index is 12.1. The van der Waals surface area contributed by atoms with E-state index in [0.717, 1.165) is 25.0 Å². The largest absolute Gasteiger partial charge is 0.487 e. The molecule has 5 rings (SSSR count). The minimum absolute atomic E-state index is 0.228. The van der Waals surface area contributed by atoms with Crippen LogP contribution in [0, 0.1) is 11.3 Å². The van der Waals surface area contributed by atoms with Crippen LogP contribution in [0.25, 0.3) is 0 Å². The van der Waals surface area contributed by atoms with Crippen molar-refractivity contribution >= 4 is 5.97 Å². The number of rotatable bonds is 2. The van der Waals surface area contributed by atoms with E-state index in [-0.39, 0.29) is 17.8 Å². The first-order chi connectivity index (χ1) is 12.0. The second-order valence-electron chi connectivity index (χ2n) is 7.96. The van der Waals surface area contributed by atoms with E-state index in [9.17, 15) is 15.0 Å². The highest BCUT2D eigenvalue weighted by Gasteiger charge is 2.68. The fraction of sp³-hybridized carbons (Fsp3) is 0.632. The molecule has 2 bridgehead atoms. The van der Waals surface area contributed by atoms with Gasteiger partial charge in [-0.05, 0) is 32.0 Å². The summed E-state index contributed by atoms with van der Waals surface area (Å²) in [6.07, 6.45) is 6.82. The van der Waals surface area contributed by atoms with Crippen molar-refractivity contribution in [2.24, 2.45) is 11.3 Å². The van der Waals surface area contributed by atoms with Crippen LogP contribution in [0.5, 0.6) is 0 Å². The van der Waals surface area contributed by atoms with Gasteiger partial charge in [-0.2, -0.15) is 0 Å². The van der Waals surface area contributed by atoms with Crippen LogP contribution in [-0.2, 0) is 14.3 Å². The first kappa shape index (κ1) is 15.6. The van der Waals surface area contributed by atoms with Gasteiger partial charge in [-0.1, -0.05) is 18.2 Å². The molecular formula is C19H23NO5. The minimum Gasteiger partial charge on any atom is -0.487 e. The van der Waals surface area contributed by atoms with Crippen molar-refractivity contribution in [1.82, 2.24) is 4.90 Å². The van der Waals surface area contributed by atoms with E-state index >= 15 is 0 Å². The lowest BCUT2D eigenvalue weighted by atomic mass is 9.51. The second-order valence-corrected chi connectivity index (χ2v) is 7.96. The molecule has 2 heterocycles. The Hall–Kier alpha value is -1.63. The Kier molecular flexibility index (Phi) is 2.97. The molecule has 6 atom stereocenters. The van der Waals surface area contributed by atoms with Crippen molar-refractivity contribution in [3.8, 4) is 0 Å². The van der Waals surface area contributed by atoms with Gasteiger partial charge in [-0.25, -0.2) is 4.79 Å². The number of carboxylic acids is 1. The molecule has 1 spiro atoms. The average molecular weight is 345 g/mol. The fourth-order valence-corrected chi connectivity index (χ4v) is 5.93. The van der Waals surface area contributed by atoms with E-state index in [4.69, 9.17) is 9.47 Å². The number of likely N-dealkylation sites (tertiary alicyclic amines) is 1. The molecule has 1 saturated carbocycles. The number of hydrogen-bond donors (Lipinski definition) is 2. The molecule has 0 amide bonds. The zero-order chi connectivity index (χ0) is 17.6. The molecule has 1 saturated heterocycles. The number of nitrogens with zero attached hydrogens (tertiary/aromatic N) is 1. The van der Waals surface area contributed by atoms with Crippen molar-refractivity contribution in [2.45, 2.75) is 43.1 Å². The summed E-state index contributed by atoms with van der Waals surface area (Å²) in [4.78, 5) is 14.5. The molecule has 0 aromatic heterocycles. The normalized spacial score (nSPS) is 47.2. The van der Waals surface area contributed by atoms with Gasteiger partial charge in [-0.3, -0.25) is 0 Å². The van der Waals surface area contributed by atoms with Gasteiger partial charge in [0, 0.05) is 36.5 Å². The summed E-state index contributed by atoms with van der Waals surface area (Å²) in [5, 5.41) is 20.6. The lowest BCUT2D eigenvalue weighted by Crippen LogP contribution is -2.62. The Morgan fingerprint density at radius 3 is 2.96 bits per heavy atom. The van der Waals surface area contributed by atoms with Crippen LogP contribution in [0.3, 0.4) is 0 Å². The van der Waals surface area contributed by atoms with Gasteiger partial charge in [-0.15, -0.1) is 0 Å². The molecule has 0 aromatic carbocycles. The molecule has 2 fully saturated rings. The van der Waals surface area contributed by atoms with Crippen LogP contribution in [0.1, 0.15) is 19.3 Å². The quantitative estimate of drug-likeness (QED) is 0.729.